The quantitative estimate of drug-likeness (QED) is 0.762. The van der Waals surface area contributed by atoms with E-state index in [0.29, 0.717) is 0 Å². The first-order valence-corrected chi connectivity index (χ1v) is 5.54. The molecule has 14 heavy (non-hydrogen) atoms. The van der Waals surface area contributed by atoms with Crippen LogP contribution in [0.15, 0.2) is 0 Å². The molecule has 1 unspecified atom stereocenters. The van der Waals surface area contributed by atoms with Gasteiger partial charge < -0.3 is 10.3 Å². The normalized spacial score (nSPS) is 21.7. The van der Waals surface area contributed by atoms with E-state index in [1.807, 2.05) is 0 Å². The molecule has 1 aliphatic rings. The van der Waals surface area contributed by atoms with Crippen molar-refractivity contribution in [2.75, 3.05) is 13.1 Å². The molecule has 3 nitrogen and oxygen atoms in total. The predicted molar refractivity (Wildman–Crippen MR) is 57.4 cm³/mol. The van der Waals surface area contributed by atoms with Gasteiger partial charge in [-0.3, -0.25) is 0 Å². The van der Waals surface area contributed by atoms with Gasteiger partial charge in [-0.15, -0.1) is 0 Å². The van der Waals surface area contributed by atoms with Crippen LogP contribution in [0.2, 0.25) is 0 Å². The monoisotopic (exact) mass is 193 g/mol. The lowest BCUT2D eigenvalue weighted by molar-refractivity contribution is 0.571. The summed E-state index contributed by atoms with van der Waals surface area (Å²) in [6.07, 6.45) is 3.44. The predicted octanol–water partition coefficient (Wildman–Crippen LogP) is 1.43. The summed E-state index contributed by atoms with van der Waals surface area (Å²) in [5, 5.41) is 3.39. The van der Waals surface area contributed by atoms with E-state index in [2.05, 4.69) is 29.1 Å². The fraction of sp³-hybridized carbons (Fsp3) is 0.727. The van der Waals surface area contributed by atoms with Crippen LogP contribution in [-0.4, -0.2) is 23.1 Å². The molecule has 2 N–H and O–H groups in total. The highest BCUT2D eigenvalue weighted by Crippen LogP contribution is 2.16. The Kier molecular flexibility index (Phi) is 2.87. The summed E-state index contributed by atoms with van der Waals surface area (Å²) < 4.78 is 0. The molecular formula is C11H19N3. The van der Waals surface area contributed by atoms with Crippen molar-refractivity contribution >= 4 is 0 Å². The number of nitrogens with one attached hydrogen (secondary N) is 2. The number of hydrogen-bond acceptors (Lipinski definition) is 2. The zero-order chi connectivity index (χ0) is 9.97. The van der Waals surface area contributed by atoms with E-state index in [1.54, 1.807) is 0 Å². The van der Waals surface area contributed by atoms with E-state index in [1.165, 1.54) is 24.4 Å². The fourth-order valence-electron chi connectivity index (χ4n) is 2.09. The second-order valence-electron chi connectivity index (χ2n) is 4.17. The average molecular weight is 193 g/mol. The molecule has 1 fully saturated rings. The minimum absolute atomic E-state index is 0.793. The van der Waals surface area contributed by atoms with Crippen LogP contribution < -0.4 is 5.32 Å². The van der Waals surface area contributed by atoms with Crippen LogP contribution in [0.1, 0.15) is 30.6 Å². The summed E-state index contributed by atoms with van der Waals surface area (Å²) in [5.41, 5.74) is 2.53. The Bertz CT molecular complexity index is 297. The molecule has 78 valence electrons. The maximum absolute atomic E-state index is 4.61. The molecule has 1 aromatic heterocycles. The highest BCUT2D eigenvalue weighted by atomic mass is 14.9. The van der Waals surface area contributed by atoms with Crippen molar-refractivity contribution in [3.8, 4) is 0 Å². The van der Waals surface area contributed by atoms with Gasteiger partial charge in [-0.2, -0.15) is 0 Å². The molecule has 0 spiro atoms. The van der Waals surface area contributed by atoms with Gasteiger partial charge in [-0.25, -0.2) is 4.98 Å². The lowest BCUT2D eigenvalue weighted by atomic mass is 10.0. The number of rotatable bonds is 3. The molecule has 0 amide bonds. The lowest BCUT2D eigenvalue weighted by Crippen LogP contribution is -2.11. The minimum atomic E-state index is 0.793. The lowest BCUT2D eigenvalue weighted by Gasteiger charge is -2.05. The van der Waals surface area contributed by atoms with Gasteiger partial charge in [0.25, 0.3) is 0 Å². The number of aromatic amines is 1. The molecule has 3 heteroatoms. The molecule has 1 atom stereocenters. The van der Waals surface area contributed by atoms with Crippen molar-refractivity contribution < 1.29 is 0 Å². The second kappa shape index (κ2) is 4.13. The van der Waals surface area contributed by atoms with Crippen LogP contribution in [0, 0.1) is 12.8 Å². The highest BCUT2D eigenvalue weighted by Gasteiger charge is 2.17. The Labute approximate surface area is 85.3 Å². The van der Waals surface area contributed by atoms with E-state index in [-0.39, 0.29) is 0 Å². The van der Waals surface area contributed by atoms with Crippen LogP contribution in [0.5, 0.6) is 0 Å². The van der Waals surface area contributed by atoms with Gasteiger partial charge in [0, 0.05) is 12.1 Å². The third-order valence-electron chi connectivity index (χ3n) is 3.01. The van der Waals surface area contributed by atoms with Crippen molar-refractivity contribution in [2.45, 2.75) is 33.1 Å². The molecule has 0 aromatic carbocycles. The van der Waals surface area contributed by atoms with Crippen molar-refractivity contribution in [3.05, 3.63) is 17.2 Å². The molecule has 0 aliphatic carbocycles. The summed E-state index contributed by atoms with van der Waals surface area (Å²) >= 11 is 0. The third kappa shape index (κ3) is 1.98. The fourth-order valence-corrected chi connectivity index (χ4v) is 2.09. The van der Waals surface area contributed by atoms with E-state index in [4.69, 9.17) is 0 Å². The van der Waals surface area contributed by atoms with Gasteiger partial charge in [0.2, 0.25) is 0 Å². The number of aryl methyl sites for hydroxylation is 2. The molecule has 2 heterocycles. The van der Waals surface area contributed by atoms with Crippen molar-refractivity contribution in [1.82, 2.24) is 15.3 Å². The van der Waals surface area contributed by atoms with Gasteiger partial charge in [0.1, 0.15) is 5.82 Å². The molecule has 0 radical (unpaired) electrons. The third-order valence-corrected chi connectivity index (χ3v) is 3.01. The smallest absolute Gasteiger partial charge is 0.106 e. The van der Waals surface area contributed by atoms with Gasteiger partial charge >= 0.3 is 0 Å². The average Bonchev–Trinajstić information content (AvgIpc) is 2.78. The first-order valence-electron chi connectivity index (χ1n) is 5.54. The van der Waals surface area contributed by atoms with Gasteiger partial charge in [0.05, 0.1) is 5.69 Å². The molecule has 1 aliphatic heterocycles. The number of imidazole rings is 1. The summed E-state index contributed by atoms with van der Waals surface area (Å²) in [5.74, 6) is 1.92. The van der Waals surface area contributed by atoms with Crippen molar-refractivity contribution in [1.29, 1.82) is 0 Å². The standard InChI is InChI=1S/C11H19N3/c1-3-11-13-8(2)10(14-11)6-9-4-5-12-7-9/h9,12H,3-7H2,1-2H3,(H,13,14). The Morgan fingerprint density at radius 2 is 2.36 bits per heavy atom. The molecule has 1 saturated heterocycles. The van der Waals surface area contributed by atoms with Crippen molar-refractivity contribution in [3.63, 3.8) is 0 Å². The zero-order valence-electron chi connectivity index (χ0n) is 9.06. The first-order chi connectivity index (χ1) is 6.79. The Morgan fingerprint density at radius 1 is 1.50 bits per heavy atom. The summed E-state index contributed by atoms with van der Waals surface area (Å²) in [6.45, 7) is 6.60. The number of nitrogens with zero attached hydrogens (tertiary/aromatic N) is 1. The Morgan fingerprint density at radius 3 is 2.93 bits per heavy atom. The minimum Gasteiger partial charge on any atom is -0.346 e. The van der Waals surface area contributed by atoms with Crippen LogP contribution in [0.3, 0.4) is 0 Å². The van der Waals surface area contributed by atoms with Crippen LogP contribution in [0.4, 0.5) is 0 Å². The van der Waals surface area contributed by atoms with E-state index < -0.39 is 0 Å². The topological polar surface area (TPSA) is 40.7 Å². The van der Waals surface area contributed by atoms with E-state index >= 15 is 0 Å². The maximum Gasteiger partial charge on any atom is 0.106 e. The molecule has 0 saturated carbocycles. The van der Waals surface area contributed by atoms with Crippen LogP contribution >= 0.6 is 0 Å². The van der Waals surface area contributed by atoms with Gasteiger partial charge in [-0.1, -0.05) is 6.92 Å². The summed E-state index contributed by atoms with van der Waals surface area (Å²) in [6, 6.07) is 0. The second-order valence-corrected chi connectivity index (χ2v) is 4.17. The van der Waals surface area contributed by atoms with Crippen molar-refractivity contribution in [2.24, 2.45) is 5.92 Å². The molecular weight excluding hydrogens is 174 g/mol. The maximum atomic E-state index is 4.61. The molecule has 1 aromatic rings. The van der Waals surface area contributed by atoms with E-state index in [0.717, 1.165) is 31.1 Å². The van der Waals surface area contributed by atoms with Crippen LogP contribution in [0.25, 0.3) is 0 Å². The summed E-state index contributed by atoms with van der Waals surface area (Å²) in [7, 11) is 0. The SMILES string of the molecule is CCc1nc(CC2CCNC2)c(C)[nH]1. The number of hydrogen-bond donors (Lipinski definition) is 2. The summed E-state index contributed by atoms with van der Waals surface area (Å²) in [4.78, 5) is 7.95. The largest absolute Gasteiger partial charge is 0.346 e. The number of H-pyrrole nitrogens is 1. The molecule has 0 bridgehead atoms. The Balaban J connectivity index is 2.03. The van der Waals surface area contributed by atoms with E-state index in [9.17, 15) is 0 Å². The van der Waals surface area contributed by atoms with Gasteiger partial charge in [0.15, 0.2) is 0 Å². The van der Waals surface area contributed by atoms with Crippen LogP contribution in [-0.2, 0) is 12.8 Å². The van der Waals surface area contributed by atoms with Gasteiger partial charge in [-0.05, 0) is 38.8 Å². The highest BCUT2D eigenvalue weighted by molar-refractivity contribution is 5.14. The Hall–Kier alpha value is -0.830. The number of aromatic nitrogens is 2. The first kappa shape index (κ1) is 9.71. The zero-order valence-corrected chi connectivity index (χ0v) is 9.06. The molecule has 2 rings (SSSR count).